The molecule has 0 unspecified atom stereocenters. The molecule has 2 aliphatic rings. The average Bonchev–Trinajstić information content (AvgIpc) is 2.07. The number of fused-ring (bicyclic) bond motifs is 1. The van der Waals surface area contributed by atoms with Gasteiger partial charge in [-0.1, -0.05) is 0 Å². The highest BCUT2D eigenvalue weighted by Gasteiger charge is 2.64. The van der Waals surface area contributed by atoms with E-state index in [1.54, 1.807) is 0 Å². The average molecular weight is 212 g/mol. The predicted octanol–water partition coefficient (Wildman–Crippen LogP) is 1.53. The van der Waals surface area contributed by atoms with Gasteiger partial charge in [0.15, 0.2) is 0 Å². The van der Waals surface area contributed by atoms with Gasteiger partial charge in [-0.15, -0.1) is 0 Å². The van der Waals surface area contributed by atoms with Crippen molar-refractivity contribution in [3.63, 3.8) is 0 Å². The summed E-state index contributed by atoms with van der Waals surface area (Å²) in [5, 5.41) is 2.94. The van der Waals surface area contributed by atoms with Gasteiger partial charge in [-0.25, -0.2) is 4.79 Å². The first-order chi connectivity index (χ1) is 6.77. The summed E-state index contributed by atoms with van der Waals surface area (Å²) in [7, 11) is 0. The molecule has 0 heterocycles. The van der Waals surface area contributed by atoms with Gasteiger partial charge in [-0.2, -0.15) is 0 Å². The van der Waals surface area contributed by atoms with E-state index in [-0.39, 0.29) is 17.2 Å². The maximum Gasteiger partial charge on any atom is 0.408 e. The van der Waals surface area contributed by atoms with Crippen molar-refractivity contribution in [2.75, 3.05) is 0 Å². The first-order valence-electron chi connectivity index (χ1n) is 5.57. The Balaban J connectivity index is 1.91. The van der Waals surface area contributed by atoms with Crippen molar-refractivity contribution < 1.29 is 9.53 Å². The molecule has 4 nitrogen and oxygen atoms in total. The van der Waals surface area contributed by atoms with Gasteiger partial charge in [-0.05, 0) is 46.5 Å². The van der Waals surface area contributed by atoms with E-state index in [0.717, 1.165) is 25.7 Å². The fraction of sp³-hybridized carbons (Fsp3) is 0.909. The molecule has 1 amide bonds. The number of carbonyl (C=O) groups is 1. The molecule has 0 saturated heterocycles. The Labute approximate surface area is 90.5 Å². The summed E-state index contributed by atoms with van der Waals surface area (Å²) in [5.41, 5.74) is 5.38. The number of alkyl carbamates (subject to hydrolysis) is 1. The number of nitrogens with one attached hydrogen (secondary N) is 1. The lowest BCUT2D eigenvalue weighted by Crippen LogP contribution is -2.82. The van der Waals surface area contributed by atoms with Crippen molar-refractivity contribution in [1.82, 2.24) is 5.32 Å². The zero-order chi connectivity index (χ0) is 11.3. The van der Waals surface area contributed by atoms with Crippen molar-refractivity contribution >= 4 is 6.09 Å². The first kappa shape index (κ1) is 10.7. The number of hydrogen-bond donors (Lipinski definition) is 2. The van der Waals surface area contributed by atoms with Crippen LogP contribution in [0, 0.1) is 0 Å². The maximum atomic E-state index is 11.6. The Kier molecular flexibility index (Phi) is 2.06. The number of hydrogen-bond acceptors (Lipinski definition) is 3. The smallest absolute Gasteiger partial charge is 0.408 e. The molecule has 2 aliphatic carbocycles. The minimum atomic E-state index is -0.439. The molecular formula is C11H20N2O2. The lowest BCUT2D eigenvalue weighted by Gasteiger charge is -2.66. The molecule has 4 heteroatoms. The van der Waals surface area contributed by atoms with E-state index in [1.165, 1.54) is 0 Å². The molecule has 2 saturated carbocycles. The zero-order valence-electron chi connectivity index (χ0n) is 9.72. The number of nitrogens with two attached hydrogens (primary N) is 1. The van der Waals surface area contributed by atoms with E-state index >= 15 is 0 Å². The highest BCUT2D eigenvalue weighted by molar-refractivity contribution is 5.70. The molecule has 86 valence electrons. The summed E-state index contributed by atoms with van der Waals surface area (Å²) in [5.74, 6) is 0. The molecule has 3 N–H and O–H groups in total. The standard InChI is InChI=1S/C11H20N2O2/c1-9(2,3)15-8(14)13-11-6-4-10(11,12)5-7-11/h4-7,12H2,1-3H3,(H,13,14). The summed E-state index contributed by atoms with van der Waals surface area (Å²) in [6.07, 6.45) is 3.67. The quantitative estimate of drug-likeness (QED) is 0.693. The second-order valence-electron chi connectivity index (χ2n) is 5.87. The monoisotopic (exact) mass is 212 g/mol. The summed E-state index contributed by atoms with van der Waals surface area (Å²) in [4.78, 5) is 11.6. The normalized spacial score (nSPS) is 38.4. The summed E-state index contributed by atoms with van der Waals surface area (Å²) < 4.78 is 5.23. The van der Waals surface area contributed by atoms with Gasteiger partial charge in [-0.3, -0.25) is 0 Å². The van der Waals surface area contributed by atoms with E-state index in [9.17, 15) is 4.79 Å². The molecule has 0 aromatic rings. The molecule has 0 atom stereocenters. The van der Waals surface area contributed by atoms with Crippen molar-refractivity contribution in [2.45, 2.75) is 63.1 Å². The van der Waals surface area contributed by atoms with E-state index in [1.807, 2.05) is 20.8 Å². The second-order valence-corrected chi connectivity index (χ2v) is 5.87. The third-order valence-corrected chi connectivity index (χ3v) is 3.69. The number of ether oxygens (including phenoxy) is 1. The van der Waals surface area contributed by atoms with Crippen LogP contribution in [0.5, 0.6) is 0 Å². The Morgan fingerprint density at radius 2 is 1.80 bits per heavy atom. The van der Waals surface area contributed by atoms with Gasteiger partial charge in [0.1, 0.15) is 5.60 Å². The van der Waals surface area contributed by atoms with Crippen molar-refractivity contribution in [3.05, 3.63) is 0 Å². The highest BCUT2D eigenvalue weighted by Crippen LogP contribution is 2.55. The SMILES string of the molecule is CC(C)(C)OC(=O)NC12CCC1(N)CC2. The zero-order valence-corrected chi connectivity index (χ0v) is 9.72. The minimum Gasteiger partial charge on any atom is -0.444 e. The number of rotatable bonds is 1. The van der Waals surface area contributed by atoms with E-state index in [0.29, 0.717) is 0 Å². The lowest BCUT2D eigenvalue weighted by atomic mass is 9.48. The van der Waals surface area contributed by atoms with Gasteiger partial charge < -0.3 is 15.8 Å². The minimum absolute atomic E-state index is 0.149. The van der Waals surface area contributed by atoms with Crippen LogP contribution in [-0.2, 0) is 4.74 Å². The molecule has 0 bridgehead atoms. The Morgan fingerprint density at radius 1 is 1.27 bits per heavy atom. The molecule has 0 aromatic carbocycles. The van der Waals surface area contributed by atoms with Crippen LogP contribution in [-0.4, -0.2) is 22.8 Å². The molecule has 15 heavy (non-hydrogen) atoms. The summed E-state index contributed by atoms with van der Waals surface area (Å²) in [6, 6.07) is 0. The van der Waals surface area contributed by atoms with E-state index < -0.39 is 5.60 Å². The molecule has 2 rings (SSSR count). The van der Waals surface area contributed by atoms with Crippen LogP contribution in [0.25, 0.3) is 0 Å². The highest BCUT2D eigenvalue weighted by atomic mass is 16.6. The molecule has 0 aliphatic heterocycles. The van der Waals surface area contributed by atoms with Gasteiger partial charge in [0.2, 0.25) is 0 Å². The summed E-state index contributed by atoms with van der Waals surface area (Å²) >= 11 is 0. The van der Waals surface area contributed by atoms with Crippen LogP contribution in [0.15, 0.2) is 0 Å². The molecule has 0 aromatic heterocycles. The lowest BCUT2D eigenvalue weighted by molar-refractivity contribution is -0.0550. The van der Waals surface area contributed by atoms with Crippen LogP contribution in [0.3, 0.4) is 0 Å². The van der Waals surface area contributed by atoms with Crippen molar-refractivity contribution in [2.24, 2.45) is 5.73 Å². The van der Waals surface area contributed by atoms with Crippen molar-refractivity contribution in [3.8, 4) is 0 Å². The van der Waals surface area contributed by atoms with Crippen LogP contribution in [0.2, 0.25) is 0 Å². The predicted molar refractivity (Wildman–Crippen MR) is 57.5 cm³/mol. The molecular weight excluding hydrogens is 192 g/mol. The fourth-order valence-electron chi connectivity index (χ4n) is 2.49. The van der Waals surface area contributed by atoms with Crippen molar-refractivity contribution in [1.29, 1.82) is 0 Å². The molecule has 0 radical (unpaired) electrons. The van der Waals surface area contributed by atoms with E-state index in [4.69, 9.17) is 10.5 Å². The van der Waals surface area contributed by atoms with Gasteiger partial charge in [0.05, 0.1) is 5.54 Å². The molecule has 0 spiro atoms. The van der Waals surface area contributed by atoms with Crippen LogP contribution < -0.4 is 11.1 Å². The third kappa shape index (κ3) is 1.61. The topological polar surface area (TPSA) is 64.3 Å². The van der Waals surface area contributed by atoms with Gasteiger partial charge in [0.25, 0.3) is 0 Å². The largest absolute Gasteiger partial charge is 0.444 e. The van der Waals surface area contributed by atoms with E-state index in [2.05, 4.69) is 5.32 Å². The maximum absolute atomic E-state index is 11.6. The van der Waals surface area contributed by atoms with Crippen LogP contribution >= 0.6 is 0 Å². The van der Waals surface area contributed by atoms with Crippen LogP contribution in [0.1, 0.15) is 46.5 Å². The number of carbonyl (C=O) groups excluding carboxylic acids is 1. The second kappa shape index (κ2) is 2.88. The Morgan fingerprint density at radius 3 is 2.07 bits per heavy atom. The van der Waals surface area contributed by atoms with Gasteiger partial charge >= 0.3 is 6.09 Å². The molecule has 2 fully saturated rings. The van der Waals surface area contributed by atoms with Gasteiger partial charge in [0, 0.05) is 5.54 Å². The Bertz CT molecular complexity index is 285. The van der Waals surface area contributed by atoms with Crippen LogP contribution in [0.4, 0.5) is 4.79 Å². The third-order valence-electron chi connectivity index (χ3n) is 3.69. The number of amides is 1. The summed E-state index contributed by atoms with van der Waals surface area (Å²) in [6.45, 7) is 5.59. The fourth-order valence-corrected chi connectivity index (χ4v) is 2.49. The first-order valence-corrected chi connectivity index (χ1v) is 5.57. The Hall–Kier alpha value is -0.770.